The van der Waals surface area contributed by atoms with Crippen molar-refractivity contribution in [1.29, 1.82) is 5.26 Å². The molecule has 1 aliphatic carbocycles. The predicted molar refractivity (Wildman–Crippen MR) is 142 cm³/mol. The van der Waals surface area contributed by atoms with Crippen molar-refractivity contribution in [3.8, 4) is 17.3 Å². The van der Waals surface area contributed by atoms with Gasteiger partial charge in [-0.1, -0.05) is 6.92 Å². The van der Waals surface area contributed by atoms with Crippen LogP contribution in [0.3, 0.4) is 0 Å². The van der Waals surface area contributed by atoms with Crippen molar-refractivity contribution in [2.75, 3.05) is 5.32 Å². The number of benzene rings is 1. The largest absolute Gasteiger partial charge is 0.435 e. The molecule has 1 amide bonds. The van der Waals surface area contributed by atoms with E-state index in [0.29, 0.717) is 29.1 Å². The highest BCUT2D eigenvalue weighted by molar-refractivity contribution is 5.96. The normalized spacial score (nSPS) is 17.5. The van der Waals surface area contributed by atoms with Gasteiger partial charge < -0.3 is 16.4 Å². The number of fused-ring (bicyclic) bond motifs is 1. The average Bonchev–Trinajstić information content (AvgIpc) is 3.55. The Kier molecular flexibility index (Phi) is 7.44. The molecule has 0 atom stereocenters. The number of alkyl halides is 3. The molecule has 3 aromatic heterocycles. The van der Waals surface area contributed by atoms with E-state index >= 15 is 0 Å². The number of hydrogen-bond acceptors (Lipinski definition) is 7. The van der Waals surface area contributed by atoms with Crippen molar-refractivity contribution in [2.24, 2.45) is 5.73 Å². The number of nitrogens with zero attached hydrogens (tertiary/aromatic N) is 6. The molecule has 10 nitrogen and oxygen atoms in total. The molecule has 3 heterocycles. The molecule has 1 aromatic carbocycles. The van der Waals surface area contributed by atoms with Crippen LogP contribution >= 0.6 is 0 Å². The molecule has 1 fully saturated rings. The third kappa shape index (κ3) is 5.48. The topological polar surface area (TPSA) is 139 Å². The highest BCUT2D eigenvalue weighted by atomic mass is 19.4. The van der Waals surface area contributed by atoms with Crippen LogP contribution in [0, 0.1) is 11.3 Å². The van der Waals surface area contributed by atoms with E-state index in [9.17, 15) is 18.0 Å². The summed E-state index contributed by atoms with van der Waals surface area (Å²) in [6.45, 7) is 1.64. The number of rotatable bonds is 7. The number of carbonyl (C=O) groups is 1. The number of halogens is 3. The van der Waals surface area contributed by atoms with E-state index in [1.165, 1.54) is 29.2 Å². The Morgan fingerprint density at radius 2 is 2.00 bits per heavy atom. The van der Waals surface area contributed by atoms with Gasteiger partial charge in [-0.25, -0.2) is 9.97 Å². The van der Waals surface area contributed by atoms with Gasteiger partial charge in [0.05, 0.1) is 23.5 Å². The molecule has 1 saturated carbocycles. The zero-order chi connectivity index (χ0) is 28.4. The molecule has 0 radical (unpaired) electrons. The number of imidazole rings is 1. The fraction of sp³-hybridized carbons (Fsp3) is 0.370. The second-order valence-electron chi connectivity index (χ2n) is 9.79. The van der Waals surface area contributed by atoms with Crippen molar-refractivity contribution < 1.29 is 18.0 Å². The van der Waals surface area contributed by atoms with Gasteiger partial charge in [0.2, 0.25) is 0 Å². The van der Waals surface area contributed by atoms with Crippen LogP contribution in [0.15, 0.2) is 43.0 Å². The Balaban J connectivity index is 1.42. The van der Waals surface area contributed by atoms with Gasteiger partial charge in [0, 0.05) is 41.9 Å². The van der Waals surface area contributed by atoms with Crippen LogP contribution in [-0.2, 0) is 19.1 Å². The van der Waals surface area contributed by atoms with Crippen LogP contribution in [0.2, 0.25) is 0 Å². The standard InChI is InChI=1S/C27H28F3N9O/c1-2-16-13-19(7-8-20(16)26(40)36-18-5-3-17(32)4-6-18)35-24-25-34-14-22(39(25)12-10-33-24)21-15-38(11-9-31)37-23(21)27(28,29)30/h7-8,10,12-15,17-18H,2-6,11,32H2,1H3,(H,33,35)(H,36,40). The summed E-state index contributed by atoms with van der Waals surface area (Å²) >= 11 is 0. The zero-order valence-electron chi connectivity index (χ0n) is 21.7. The van der Waals surface area contributed by atoms with E-state index in [1.54, 1.807) is 18.2 Å². The van der Waals surface area contributed by atoms with Crippen LogP contribution < -0.4 is 16.4 Å². The summed E-state index contributed by atoms with van der Waals surface area (Å²) in [5, 5.41) is 18.8. The molecule has 1 aliphatic rings. The third-order valence-electron chi connectivity index (χ3n) is 7.07. The quantitative estimate of drug-likeness (QED) is 0.309. The first kappa shape index (κ1) is 27.1. The van der Waals surface area contributed by atoms with E-state index < -0.39 is 11.9 Å². The fourth-order valence-electron chi connectivity index (χ4n) is 5.03. The number of amides is 1. The minimum Gasteiger partial charge on any atom is -0.349 e. The number of anilines is 2. The molecule has 4 aromatic rings. The number of aryl methyl sites for hydroxylation is 1. The third-order valence-corrected chi connectivity index (χ3v) is 7.07. The lowest BCUT2D eigenvalue weighted by atomic mass is 9.91. The number of nitrogens with one attached hydrogen (secondary N) is 2. The van der Waals surface area contributed by atoms with Crippen molar-refractivity contribution in [1.82, 2.24) is 29.5 Å². The van der Waals surface area contributed by atoms with E-state index in [0.717, 1.165) is 35.9 Å². The number of nitriles is 1. The van der Waals surface area contributed by atoms with E-state index in [2.05, 4.69) is 25.7 Å². The van der Waals surface area contributed by atoms with Gasteiger partial charge >= 0.3 is 6.18 Å². The molecule has 5 rings (SSSR count). The van der Waals surface area contributed by atoms with Crippen molar-refractivity contribution in [3.63, 3.8) is 0 Å². The van der Waals surface area contributed by atoms with Gasteiger partial charge in [-0.05, 0) is 55.9 Å². The maximum absolute atomic E-state index is 13.7. The summed E-state index contributed by atoms with van der Waals surface area (Å²) in [4.78, 5) is 21.7. The summed E-state index contributed by atoms with van der Waals surface area (Å²) in [6, 6.07) is 7.47. The maximum Gasteiger partial charge on any atom is 0.435 e. The second kappa shape index (κ2) is 11.0. The lowest BCUT2D eigenvalue weighted by molar-refractivity contribution is -0.141. The maximum atomic E-state index is 13.7. The van der Waals surface area contributed by atoms with Crippen LogP contribution in [0.1, 0.15) is 54.2 Å². The monoisotopic (exact) mass is 551 g/mol. The highest BCUT2D eigenvalue weighted by Crippen LogP contribution is 2.37. The lowest BCUT2D eigenvalue weighted by Gasteiger charge is -2.27. The first-order chi connectivity index (χ1) is 19.2. The minimum absolute atomic E-state index is 0.108. The summed E-state index contributed by atoms with van der Waals surface area (Å²) < 4.78 is 43.6. The Morgan fingerprint density at radius 3 is 2.70 bits per heavy atom. The first-order valence-electron chi connectivity index (χ1n) is 13.0. The molecule has 0 spiro atoms. The molecule has 0 aliphatic heterocycles. The molecule has 4 N–H and O–H groups in total. The van der Waals surface area contributed by atoms with Crippen molar-refractivity contribution in [2.45, 2.75) is 63.8 Å². The fourth-order valence-corrected chi connectivity index (χ4v) is 5.03. The van der Waals surface area contributed by atoms with Crippen molar-refractivity contribution >= 4 is 23.1 Å². The van der Waals surface area contributed by atoms with Crippen LogP contribution in [0.25, 0.3) is 16.9 Å². The molecule has 0 unspecified atom stereocenters. The summed E-state index contributed by atoms with van der Waals surface area (Å²) in [7, 11) is 0. The first-order valence-corrected chi connectivity index (χ1v) is 13.0. The zero-order valence-corrected chi connectivity index (χ0v) is 21.7. The molecule has 208 valence electrons. The average molecular weight is 552 g/mol. The summed E-state index contributed by atoms with van der Waals surface area (Å²) in [5.74, 6) is 0.198. The minimum atomic E-state index is -4.72. The molecule has 40 heavy (non-hydrogen) atoms. The molecular weight excluding hydrogens is 523 g/mol. The Morgan fingerprint density at radius 1 is 1.23 bits per heavy atom. The number of nitrogens with two attached hydrogens (primary N) is 1. The number of aromatic nitrogens is 5. The van der Waals surface area contributed by atoms with Crippen LogP contribution in [0.5, 0.6) is 0 Å². The van der Waals surface area contributed by atoms with E-state index in [1.807, 2.05) is 13.0 Å². The molecule has 13 heteroatoms. The van der Waals surface area contributed by atoms with Gasteiger partial charge in [-0.3, -0.25) is 13.9 Å². The smallest absolute Gasteiger partial charge is 0.349 e. The number of carbonyl (C=O) groups excluding carboxylic acids is 1. The molecular formula is C27H28F3N9O. The highest BCUT2D eigenvalue weighted by Gasteiger charge is 2.38. The SMILES string of the molecule is CCc1cc(Nc2nccn3c(-c4cn(CC#N)nc4C(F)(F)F)cnc23)ccc1C(=O)NC1CCC(N)CC1. The lowest BCUT2D eigenvalue weighted by Crippen LogP contribution is -2.40. The predicted octanol–water partition coefficient (Wildman–Crippen LogP) is 4.44. The van der Waals surface area contributed by atoms with Gasteiger partial charge in [-0.15, -0.1) is 0 Å². The van der Waals surface area contributed by atoms with Gasteiger partial charge in [0.1, 0.15) is 6.54 Å². The van der Waals surface area contributed by atoms with E-state index in [-0.39, 0.29) is 35.8 Å². The Hall–Kier alpha value is -4.44. The van der Waals surface area contributed by atoms with Crippen LogP contribution in [0.4, 0.5) is 24.7 Å². The Labute approximate surface area is 228 Å². The molecule has 0 saturated heterocycles. The van der Waals surface area contributed by atoms with E-state index in [4.69, 9.17) is 11.0 Å². The van der Waals surface area contributed by atoms with Crippen molar-refractivity contribution in [3.05, 3.63) is 59.8 Å². The summed E-state index contributed by atoms with van der Waals surface area (Å²) in [6.07, 6.45) is 4.86. The van der Waals surface area contributed by atoms with Gasteiger partial charge in [0.25, 0.3) is 5.91 Å². The van der Waals surface area contributed by atoms with Gasteiger partial charge in [0.15, 0.2) is 17.2 Å². The van der Waals surface area contributed by atoms with Crippen LogP contribution in [-0.4, -0.2) is 42.1 Å². The second-order valence-corrected chi connectivity index (χ2v) is 9.79. The Bertz CT molecular complexity index is 1580. The van der Waals surface area contributed by atoms with Gasteiger partial charge in [-0.2, -0.15) is 23.5 Å². The number of hydrogen-bond donors (Lipinski definition) is 3. The summed E-state index contributed by atoms with van der Waals surface area (Å²) in [5.41, 5.74) is 7.21. The molecule has 0 bridgehead atoms.